The average molecular weight is 579 g/mol. The second kappa shape index (κ2) is 7.72. The van der Waals surface area contributed by atoms with Crippen LogP contribution in [0.3, 0.4) is 0 Å². The van der Waals surface area contributed by atoms with E-state index in [1.165, 1.54) is 22.7 Å². The van der Waals surface area contributed by atoms with Crippen LogP contribution in [0.25, 0.3) is 10.6 Å². The van der Waals surface area contributed by atoms with Crippen molar-refractivity contribution in [1.82, 2.24) is 29.8 Å². The molecule has 3 unspecified atom stereocenters. The molecule has 2 N–H and O–H groups in total. The number of thiazole rings is 2. The second-order valence-electron chi connectivity index (χ2n) is 10.9. The topological polar surface area (TPSA) is 120 Å². The minimum absolute atomic E-state index is 0.0440. The molecule has 3 saturated heterocycles. The van der Waals surface area contributed by atoms with E-state index in [4.69, 9.17) is 11.6 Å². The molecule has 2 saturated carbocycles. The summed E-state index contributed by atoms with van der Waals surface area (Å²) in [5, 5.41) is 16.9. The van der Waals surface area contributed by atoms with E-state index in [0.717, 1.165) is 42.2 Å². The fraction of sp³-hybridized carbons (Fsp3) is 0.385. The molecule has 4 aromatic rings. The van der Waals surface area contributed by atoms with Crippen LogP contribution in [-0.2, 0) is 0 Å². The zero-order chi connectivity index (χ0) is 26.7. The van der Waals surface area contributed by atoms with Gasteiger partial charge in [0.25, 0.3) is 5.91 Å². The standard InChI is InChI=1S/C26H23ClN8O2S2/c1-13-19(39-20(31-13)14(2)36)17-8-38-23(32-17)33-18-4-3-15(5-28-18)21(37)35-25-9-24(25)10-26(24,35)12-34(11-25)22-29-6-16(27)7-30-22/h3-8,14,36H,9-12H2,1-2H3,(H,28,32,33)/t14?,24?,25-,26?/m0/s1. The van der Waals surface area contributed by atoms with E-state index in [9.17, 15) is 9.90 Å². The summed E-state index contributed by atoms with van der Waals surface area (Å²) in [6, 6.07) is 3.66. The van der Waals surface area contributed by atoms with Crippen molar-refractivity contribution in [3.8, 4) is 10.6 Å². The summed E-state index contributed by atoms with van der Waals surface area (Å²) < 4.78 is 0. The molecule has 0 radical (unpaired) electrons. The van der Waals surface area contributed by atoms with Gasteiger partial charge in [0, 0.05) is 30.1 Å². The third-order valence-corrected chi connectivity index (χ3v) is 11.0. The first-order valence-corrected chi connectivity index (χ1v) is 14.7. The minimum Gasteiger partial charge on any atom is -0.386 e. The van der Waals surface area contributed by atoms with E-state index in [1.54, 1.807) is 25.5 Å². The fourth-order valence-corrected chi connectivity index (χ4v) is 8.87. The summed E-state index contributed by atoms with van der Waals surface area (Å²) in [7, 11) is 0. The maximum absolute atomic E-state index is 13.7. The van der Waals surface area contributed by atoms with Gasteiger partial charge in [0.2, 0.25) is 5.95 Å². The van der Waals surface area contributed by atoms with Gasteiger partial charge in [-0.05, 0) is 38.8 Å². The number of hydrogen-bond acceptors (Lipinski definition) is 11. The number of fused-ring (bicyclic) bond motifs is 2. The van der Waals surface area contributed by atoms with Gasteiger partial charge >= 0.3 is 0 Å². The number of amides is 1. The molecule has 13 heteroatoms. The molecular formula is C26H23ClN8O2S2. The van der Waals surface area contributed by atoms with E-state index in [-0.39, 0.29) is 17.0 Å². The largest absolute Gasteiger partial charge is 0.386 e. The lowest BCUT2D eigenvalue weighted by Gasteiger charge is -2.56. The highest BCUT2D eigenvalue weighted by Gasteiger charge is 3.03. The summed E-state index contributed by atoms with van der Waals surface area (Å²) in [6.07, 6.45) is 6.39. The highest BCUT2D eigenvalue weighted by Crippen LogP contribution is 2.94. The van der Waals surface area contributed by atoms with Crippen LogP contribution in [0.5, 0.6) is 0 Å². The lowest BCUT2D eigenvalue weighted by atomic mass is 9.86. The third kappa shape index (κ3) is 3.11. The van der Waals surface area contributed by atoms with Crippen LogP contribution < -0.4 is 10.2 Å². The summed E-state index contributed by atoms with van der Waals surface area (Å²) in [4.78, 5) is 41.4. The first-order chi connectivity index (χ1) is 18.8. The lowest BCUT2D eigenvalue weighted by Crippen LogP contribution is -2.72. The number of carbonyl (C=O) groups excluding carboxylic acids is 1. The summed E-state index contributed by atoms with van der Waals surface area (Å²) in [6.45, 7) is 5.13. The number of piperidine rings is 2. The number of aromatic nitrogens is 5. The molecular weight excluding hydrogens is 556 g/mol. The zero-order valence-corrected chi connectivity index (χ0v) is 23.4. The van der Waals surface area contributed by atoms with Gasteiger partial charge in [-0.25, -0.2) is 24.9 Å². The van der Waals surface area contributed by atoms with Crippen LogP contribution in [0.4, 0.5) is 16.9 Å². The number of pyridine rings is 1. The Labute approximate surface area is 236 Å². The molecule has 4 atom stereocenters. The Bertz CT molecular complexity index is 1630. The van der Waals surface area contributed by atoms with Crippen molar-refractivity contribution in [3.63, 3.8) is 0 Å². The second-order valence-corrected chi connectivity index (χ2v) is 13.3. The number of aliphatic hydroxyl groups is 1. The molecule has 39 heavy (non-hydrogen) atoms. The number of anilines is 3. The van der Waals surface area contributed by atoms with E-state index in [0.29, 0.717) is 37.9 Å². The van der Waals surface area contributed by atoms with Gasteiger partial charge in [-0.1, -0.05) is 11.6 Å². The van der Waals surface area contributed by atoms with Gasteiger partial charge in [0.05, 0.1) is 50.3 Å². The van der Waals surface area contributed by atoms with Crippen LogP contribution in [0.1, 0.15) is 46.9 Å². The van der Waals surface area contributed by atoms with Crippen LogP contribution in [0.15, 0.2) is 36.1 Å². The van der Waals surface area contributed by atoms with E-state index >= 15 is 0 Å². The van der Waals surface area contributed by atoms with Crippen molar-refractivity contribution in [2.45, 2.75) is 43.9 Å². The van der Waals surface area contributed by atoms with Crippen molar-refractivity contribution in [3.05, 3.63) is 57.4 Å². The number of aryl methyl sites for hydroxylation is 1. The monoisotopic (exact) mass is 578 g/mol. The SMILES string of the molecule is Cc1nc(C(C)O)sc1-c1csc(Nc2ccc(C(=O)N3C45CN(c6ncc(Cl)cn6)C[C@]36CC46C5)cn2)n1. The quantitative estimate of drug-likeness (QED) is 0.341. The molecule has 2 aliphatic carbocycles. The number of piperazine rings is 1. The van der Waals surface area contributed by atoms with Crippen LogP contribution in [-0.4, -0.2) is 65.0 Å². The number of carbonyl (C=O) groups is 1. The number of halogens is 1. The van der Waals surface area contributed by atoms with E-state index in [1.807, 2.05) is 24.4 Å². The average Bonchev–Trinajstić information content (AvgIpc) is 3.42. The van der Waals surface area contributed by atoms with Crippen molar-refractivity contribution < 1.29 is 9.90 Å². The first kappa shape index (κ1) is 23.7. The Morgan fingerprint density at radius 2 is 1.87 bits per heavy atom. The molecule has 5 aliphatic rings. The van der Waals surface area contributed by atoms with Crippen molar-refractivity contribution >= 4 is 57.1 Å². The van der Waals surface area contributed by atoms with Crippen LogP contribution >= 0.6 is 34.3 Å². The molecule has 2 bridgehead atoms. The van der Waals surface area contributed by atoms with Gasteiger partial charge in [-0.15, -0.1) is 22.7 Å². The molecule has 9 rings (SSSR count). The Balaban J connectivity index is 0.970. The maximum atomic E-state index is 13.7. The molecule has 10 nitrogen and oxygen atoms in total. The fourth-order valence-electron chi connectivity index (χ4n) is 7.02. The summed E-state index contributed by atoms with van der Waals surface area (Å²) in [5.74, 6) is 1.34. The molecule has 3 aliphatic heterocycles. The number of nitrogens with one attached hydrogen (secondary N) is 1. The highest BCUT2D eigenvalue weighted by molar-refractivity contribution is 7.17. The van der Waals surface area contributed by atoms with Gasteiger partial charge in [0.1, 0.15) is 16.9 Å². The van der Waals surface area contributed by atoms with E-state index < -0.39 is 6.10 Å². The zero-order valence-electron chi connectivity index (χ0n) is 21.1. The summed E-state index contributed by atoms with van der Waals surface area (Å²) in [5.41, 5.74) is 2.30. The molecule has 5 fully saturated rings. The Kier molecular flexibility index (Phi) is 4.68. The Morgan fingerprint density at radius 1 is 1.13 bits per heavy atom. The van der Waals surface area contributed by atoms with E-state index in [2.05, 4.69) is 40.0 Å². The smallest absolute Gasteiger partial charge is 0.256 e. The summed E-state index contributed by atoms with van der Waals surface area (Å²) >= 11 is 8.89. The molecule has 0 aromatic carbocycles. The molecule has 198 valence electrons. The van der Waals surface area contributed by atoms with Gasteiger partial charge < -0.3 is 20.2 Å². The van der Waals surface area contributed by atoms with Crippen molar-refractivity contribution in [2.75, 3.05) is 23.3 Å². The maximum Gasteiger partial charge on any atom is 0.256 e. The normalized spacial score (nSPS) is 28.3. The lowest BCUT2D eigenvalue weighted by molar-refractivity contribution is -0.00360. The van der Waals surface area contributed by atoms with Crippen LogP contribution in [0.2, 0.25) is 5.02 Å². The van der Waals surface area contributed by atoms with Gasteiger partial charge in [-0.2, -0.15) is 0 Å². The number of nitrogens with zero attached hydrogens (tertiary/aromatic N) is 7. The predicted octanol–water partition coefficient (Wildman–Crippen LogP) is 4.46. The number of rotatable bonds is 6. The number of aliphatic hydroxyl groups excluding tert-OH is 1. The first-order valence-electron chi connectivity index (χ1n) is 12.7. The van der Waals surface area contributed by atoms with Gasteiger partial charge in [-0.3, -0.25) is 4.79 Å². The molecule has 1 amide bonds. The molecule has 3 spiro atoms. The Morgan fingerprint density at radius 3 is 2.51 bits per heavy atom. The third-order valence-electron chi connectivity index (χ3n) is 8.73. The van der Waals surface area contributed by atoms with Crippen LogP contribution in [0, 0.1) is 12.3 Å². The van der Waals surface area contributed by atoms with Crippen molar-refractivity contribution in [1.29, 1.82) is 0 Å². The number of hydrogen-bond donors (Lipinski definition) is 2. The highest BCUT2D eigenvalue weighted by atomic mass is 35.5. The van der Waals surface area contributed by atoms with Gasteiger partial charge in [0.15, 0.2) is 5.13 Å². The Hall–Kier alpha value is -3.19. The minimum atomic E-state index is -0.605. The predicted molar refractivity (Wildman–Crippen MR) is 149 cm³/mol. The molecule has 7 heterocycles. The van der Waals surface area contributed by atoms with Crippen molar-refractivity contribution in [2.24, 2.45) is 5.41 Å². The molecule has 4 aromatic heterocycles.